The van der Waals surface area contributed by atoms with Crippen LogP contribution < -0.4 is 15.5 Å². The van der Waals surface area contributed by atoms with Crippen LogP contribution in [0.1, 0.15) is 10.4 Å². The number of piperazine rings is 1. The maximum Gasteiger partial charge on any atom is 0.259 e. The molecule has 0 unspecified atom stereocenters. The number of hydrogen-bond donors (Lipinski definition) is 2. The minimum atomic E-state index is -0.500. The Hall–Kier alpha value is -3.66. The normalized spacial score (nSPS) is 14.4. The van der Waals surface area contributed by atoms with E-state index in [0.717, 1.165) is 37.4 Å². The van der Waals surface area contributed by atoms with Gasteiger partial charge in [-0.15, -0.1) is 5.10 Å². The summed E-state index contributed by atoms with van der Waals surface area (Å²) in [5.41, 5.74) is 1.33. The summed E-state index contributed by atoms with van der Waals surface area (Å²) in [6.07, 6.45) is 4.78. The van der Waals surface area contributed by atoms with E-state index >= 15 is 0 Å². The molecule has 0 spiro atoms. The third kappa shape index (κ3) is 3.20. The van der Waals surface area contributed by atoms with Gasteiger partial charge in [0.1, 0.15) is 16.9 Å². The lowest BCUT2D eigenvalue weighted by atomic mass is 10.1. The summed E-state index contributed by atoms with van der Waals surface area (Å²) >= 11 is 0. The van der Waals surface area contributed by atoms with Gasteiger partial charge in [0.05, 0.1) is 11.8 Å². The van der Waals surface area contributed by atoms with E-state index in [1.165, 1.54) is 16.9 Å². The second-order valence-electron chi connectivity index (χ2n) is 7.18. The zero-order chi connectivity index (χ0) is 20.7. The number of hydrogen-bond acceptors (Lipinski definition) is 7. The fraction of sp³-hybridized carbons (Fsp3) is 0.250. The number of pyridine rings is 1. The lowest BCUT2D eigenvalue weighted by Crippen LogP contribution is -2.44. The topological polar surface area (TPSA) is 101 Å². The van der Waals surface area contributed by atoms with Crippen molar-refractivity contribution in [3.05, 3.63) is 48.2 Å². The molecule has 4 aromatic rings. The lowest BCUT2D eigenvalue weighted by molar-refractivity contribution is 0.102. The van der Waals surface area contributed by atoms with Crippen LogP contribution in [0, 0.1) is 5.82 Å². The number of benzene rings is 1. The number of fused-ring (bicyclic) bond motifs is 2. The predicted octanol–water partition coefficient (Wildman–Crippen LogP) is 1.71. The van der Waals surface area contributed by atoms with Gasteiger partial charge < -0.3 is 15.5 Å². The molecule has 0 aliphatic carbocycles. The molecule has 0 radical (unpaired) electrons. The zero-order valence-corrected chi connectivity index (χ0v) is 16.3. The quantitative estimate of drug-likeness (QED) is 0.534. The molecule has 5 rings (SSSR count). The summed E-state index contributed by atoms with van der Waals surface area (Å²) < 4.78 is 15.9. The lowest BCUT2D eigenvalue weighted by Gasteiger charge is -2.29. The molecular formula is C20H19FN8O. The molecule has 1 saturated heterocycles. The molecule has 1 fully saturated rings. The van der Waals surface area contributed by atoms with Crippen LogP contribution in [0.3, 0.4) is 0 Å². The largest absolute Gasteiger partial charge is 0.354 e. The Labute approximate surface area is 170 Å². The summed E-state index contributed by atoms with van der Waals surface area (Å²) in [7, 11) is 1.72. The molecule has 1 amide bonds. The van der Waals surface area contributed by atoms with E-state index in [1.807, 2.05) is 6.07 Å². The number of anilines is 2. The van der Waals surface area contributed by atoms with E-state index in [2.05, 4.69) is 35.8 Å². The maximum atomic E-state index is 14.4. The Balaban J connectivity index is 1.51. The van der Waals surface area contributed by atoms with Crippen molar-refractivity contribution < 1.29 is 9.18 Å². The van der Waals surface area contributed by atoms with E-state index in [4.69, 9.17) is 0 Å². The van der Waals surface area contributed by atoms with Gasteiger partial charge in [-0.25, -0.2) is 9.37 Å². The molecule has 3 aromatic heterocycles. The smallest absolute Gasteiger partial charge is 0.259 e. The number of nitrogens with zero attached hydrogens (tertiary/aromatic N) is 6. The van der Waals surface area contributed by atoms with E-state index in [-0.39, 0.29) is 11.1 Å². The molecule has 0 bridgehead atoms. The number of carbonyl (C=O) groups excluding carboxylic acids is 1. The first-order chi connectivity index (χ1) is 14.6. The highest BCUT2D eigenvalue weighted by atomic mass is 19.1. The number of nitrogens with one attached hydrogen (secondary N) is 2. The van der Waals surface area contributed by atoms with Crippen molar-refractivity contribution >= 4 is 39.2 Å². The van der Waals surface area contributed by atoms with Crippen molar-refractivity contribution in [3.8, 4) is 0 Å². The third-order valence-corrected chi connectivity index (χ3v) is 5.13. The Morgan fingerprint density at radius 2 is 2.07 bits per heavy atom. The fourth-order valence-corrected chi connectivity index (χ4v) is 3.75. The minimum Gasteiger partial charge on any atom is -0.354 e. The van der Waals surface area contributed by atoms with E-state index in [0.29, 0.717) is 16.6 Å². The monoisotopic (exact) mass is 406 g/mol. The van der Waals surface area contributed by atoms with Crippen molar-refractivity contribution in [1.29, 1.82) is 0 Å². The predicted molar refractivity (Wildman–Crippen MR) is 111 cm³/mol. The highest BCUT2D eigenvalue weighted by Gasteiger charge is 2.20. The molecule has 152 valence electrons. The number of aryl methyl sites for hydroxylation is 1. The minimum absolute atomic E-state index is 0.258. The van der Waals surface area contributed by atoms with Gasteiger partial charge >= 0.3 is 0 Å². The molecule has 30 heavy (non-hydrogen) atoms. The van der Waals surface area contributed by atoms with Crippen LogP contribution in [-0.2, 0) is 7.05 Å². The molecular weight excluding hydrogens is 387 g/mol. The van der Waals surface area contributed by atoms with Crippen LogP contribution >= 0.6 is 0 Å². The summed E-state index contributed by atoms with van der Waals surface area (Å²) in [4.78, 5) is 19.7. The highest BCUT2D eigenvalue weighted by Crippen LogP contribution is 2.27. The summed E-state index contributed by atoms with van der Waals surface area (Å²) in [6, 6.07) is 4.74. The van der Waals surface area contributed by atoms with Gasteiger partial charge in [-0.2, -0.15) is 10.2 Å². The van der Waals surface area contributed by atoms with Crippen molar-refractivity contribution in [2.75, 3.05) is 36.4 Å². The van der Waals surface area contributed by atoms with Crippen molar-refractivity contribution in [3.63, 3.8) is 0 Å². The van der Waals surface area contributed by atoms with Crippen molar-refractivity contribution in [1.82, 2.24) is 30.3 Å². The second-order valence-corrected chi connectivity index (χ2v) is 7.18. The number of aromatic nitrogens is 5. The van der Waals surface area contributed by atoms with Gasteiger partial charge in [-0.1, -0.05) is 0 Å². The molecule has 1 aromatic carbocycles. The number of halogens is 1. The standard InChI is InChI=1S/C20H19FN8O/c1-28-11-12-8-13(9-16(21)17(12)27-28)25-20(30)15-10-23-19(29-6-4-22-5-7-29)14-2-3-24-26-18(14)15/h2-3,8-11,22H,4-7H2,1H3,(H,25,30). The van der Waals surface area contributed by atoms with Gasteiger partial charge in [-0.3, -0.25) is 9.48 Å². The van der Waals surface area contributed by atoms with E-state index in [1.54, 1.807) is 25.5 Å². The number of carbonyl (C=O) groups is 1. The molecule has 2 N–H and O–H groups in total. The number of rotatable bonds is 3. The first kappa shape index (κ1) is 18.4. The van der Waals surface area contributed by atoms with Crippen LogP contribution in [0.5, 0.6) is 0 Å². The molecule has 10 heteroatoms. The van der Waals surface area contributed by atoms with E-state index in [9.17, 15) is 9.18 Å². The first-order valence-corrected chi connectivity index (χ1v) is 9.60. The number of amides is 1. The van der Waals surface area contributed by atoms with E-state index < -0.39 is 11.7 Å². The Morgan fingerprint density at radius 1 is 1.23 bits per heavy atom. The molecule has 9 nitrogen and oxygen atoms in total. The first-order valence-electron chi connectivity index (χ1n) is 9.60. The summed E-state index contributed by atoms with van der Waals surface area (Å²) in [5.74, 6) is -0.150. The molecule has 4 heterocycles. The van der Waals surface area contributed by atoms with Gasteiger partial charge in [-0.05, 0) is 18.2 Å². The average Bonchev–Trinajstić information content (AvgIpc) is 3.14. The maximum absolute atomic E-state index is 14.4. The van der Waals surface area contributed by atoms with Gasteiger partial charge in [0.2, 0.25) is 0 Å². The molecule has 1 aliphatic rings. The fourth-order valence-electron chi connectivity index (χ4n) is 3.75. The van der Waals surface area contributed by atoms with Crippen molar-refractivity contribution in [2.24, 2.45) is 7.05 Å². The molecule has 1 aliphatic heterocycles. The van der Waals surface area contributed by atoms with Gasteiger partial charge in [0, 0.05) is 62.1 Å². The zero-order valence-electron chi connectivity index (χ0n) is 16.3. The van der Waals surface area contributed by atoms with Crippen LogP contribution in [0.25, 0.3) is 21.8 Å². The highest BCUT2D eigenvalue weighted by molar-refractivity contribution is 6.13. The van der Waals surface area contributed by atoms with Gasteiger partial charge in [0.15, 0.2) is 5.82 Å². The summed E-state index contributed by atoms with van der Waals surface area (Å²) in [6.45, 7) is 3.37. The Bertz CT molecular complexity index is 1260. The SMILES string of the molecule is Cn1cc2cc(NC(=O)c3cnc(N4CCNCC4)c4ccnnc34)cc(F)c2n1. The van der Waals surface area contributed by atoms with Crippen LogP contribution in [-0.4, -0.2) is 57.0 Å². The Kier molecular flexibility index (Phi) is 4.47. The molecule has 0 saturated carbocycles. The average molecular weight is 406 g/mol. The van der Waals surface area contributed by atoms with Crippen LogP contribution in [0.2, 0.25) is 0 Å². The van der Waals surface area contributed by atoms with Crippen molar-refractivity contribution in [2.45, 2.75) is 0 Å². The Morgan fingerprint density at radius 3 is 2.90 bits per heavy atom. The molecule has 0 atom stereocenters. The van der Waals surface area contributed by atoms with Crippen LogP contribution in [0.4, 0.5) is 15.9 Å². The van der Waals surface area contributed by atoms with Gasteiger partial charge in [0.25, 0.3) is 5.91 Å². The second kappa shape index (κ2) is 7.30. The van der Waals surface area contributed by atoms with Crippen LogP contribution in [0.15, 0.2) is 36.8 Å². The summed E-state index contributed by atoms with van der Waals surface area (Å²) in [5, 5.41) is 19.6. The third-order valence-electron chi connectivity index (χ3n) is 5.13.